The van der Waals surface area contributed by atoms with Crippen molar-refractivity contribution in [3.05, 3.63) is 189 Å². The van der Waals surface area contributed by atoms with Crippen LogP contribution in [0, 0.1) is 23.3 Å². The molecular formula is C55H62BrF4N5O4S. The zero-order valence-corrected chi connectivity index (χ0v) is 42.2. The molecule has 15 heteroatoms. The second-order valence-corrected chi connectivity index (χ2v) is 18.2. The molecule has 0 fully saturated rings. The summed E-state index contributed by atoms with van der Waals surface area (Å²) in [5, 5.41) is 9.04. The van der Waals surface area contributed by atoms with Gasteiger partial charge in [0.15, 0.2) is 11.4 Å². The molecule has 1 aromatic heterocycles. The number of nitrogens with zero attached hydrogens (tertiary/aromatic N) is 3. The number of carbonyl (C=O) groups excluding carboxylic acids is 2. The lowest BCUT2D eigenvalue weighted by molar-refractivity contribution is -0.136. The number of ether oxygens (including phenoxy) is 2. The molecule has 0 radical (unpaired) electrons. The van der Waals surface area contributed by atoms with Gasteiger partial charge in [-0.15, -0.1) is 11.3 Å². The Bertz CT molecular complexity index is 2660. The van der Waals surface area contributed by atoms with E-state index in [4.69, 9.17) is 9.47 Å². The van der Waals surface area contributed by atoms with Crippen LogP contribution in [0.1, 0.15) is 87.2 Å². The van der Waals surface area contributed by atoms with E-state index in [0.29, 0.717) is 11.4 Å². The number of carbonyl (C=O) groups is 2. The Hall–Kier alpha value is -5.97. The maximum atomic E-state index is 13.8. The van der Waals surface area contributed by atoms with Crippen LogP contribution in [0.5, 0.6) is 0 Å². The number of hydrogen-bond donors (Lipinski definition) is 2. The minimum Gasteiger partial charge on any atom is -0.353 e. The van der Waals surface area contributed by atoms with Gasteiger partial charge < -0.3 is 25.0 Å². The maximum absolute atomic E-state index is 13.8. The Morgan fingerprint density at radius 3 is 1.64 bits per heavy atom. The number of benzene rings is 5. The van der Waals surface area contributed by atoms with Crippen molar-refractivity contribution in [1.82, 2.24) is 9.88 Å². The summed E-state index contributed by atoms with van der Waals surface area (Å²) in [6.45, 7) is 14.2. The molecule has 2 aliphatic rings. The van der Waals surface area contributed by atoms with Crippen LogP contribution in [0.3, 0.4) is 0 Å². The van der Waals surface area contributed by atoms with Crippen LogP contribution in [0.25, 0.3) is 11.1 Å². The lowest BCUT2D eigenvalue weighted by Gasteiger charge is -2.30. The molecule has 0 bridgehead atoms. The van der Waals surface area contributed by atoms with Crippen LogP contribution in [-0.4, -0.2) is 72.7 Å². The van der Waals surface area contributed by atoms with Crippen molar-refractivity contribution in [3.8, 4) is 0 Å². The molecule has 0 saturated carbocycles. The average molecular weight is 1050 g/mol. The van der Waals surface area contributed by atoms with E-state index in [2.05, 4.69) is 79.5 Å². The van der Waals surface area contributed by atoms with Crippen molar-refractivity contribution >= 4 is 66.7 Å². The SMILES string of the molecule is CC1=C(c2ccc(NC(=O)c3c(F)cccc3F)cc2)CN(Cc2ccccc2)CC1.CC1=C(c2ccc(NC(=O)c3c(F)cccc3F)cc2)CN(c2nccs2)CC1.CCOC(CCBr)OCC.[2HH].[HH]. The molecule has 0 unspecified atom stereocenters. The number of rotatable bonds is 15. The first kappa shape index (κ1) is 53.4. The van der Waals surface area contributed by atoms with Gasteiger partial charge >= 0.3 is 0 Å². The minimum absolute atomic E-state index is 0. The van der Waals surface area contributed by atoms with Gasteiger partial charge in [0, 0.05) is 83.5 Å². The first-order chi connectivity index (χ1) is 33.9. The first-order valence-electron chi connectivity index (χ1n) is 23.2. The van der Waals surface area contributed by atoms with Gasteiger partial charge in [0.1, 0.15) is 34.4 Å². The van der Waals surface area contributed by atoms with Gasteiger partial charge in [-0.25, -0.2) is 22.5 Å². The van der Waals surface area contributed by atoms with E-state index < -0.39 is 46.2 Å². The van der Waals surface area contributed by atoms with Crippen LogP contribution in [0.4, 0.5) is 34.1 Å². The largest absolute Gasteiger partial charge is 0.353 e. The zero-order chi connectivity index (χ0) is 50.0. The number of halogens is 5. The topological polar surface area (TPSA) is 96.0 Å². The van der Waals surface area contributed by atoms with Crippen molar-refractivity contribution < 1.29 is 39.5 Å². The third-order valence-corrected chi connectivity index (χ3v) is 13.0. The summed E-state index contributed by atoms with van der Waals surface area (Å²) in [4.78, 5) is 33.6. The second kappa shape index (κ2) is 26.9. The molecular weight excluding hydrogens is 983 g/mol. The van der Waals surface area contributed by atoms with Crippen LogP contribution < -0.4 is 15.5 Å². The third kappa shape index (κ3) is 15.0. The lowest BCUT2D eigenvalue weighted by atomic mass is 9.94. The molecule has 0 aliphatic carbocycles. The Balaban J connectivity index is 0.000000258. The Morgan fingerprint density at radius 1 is 0.700 bits per heavy atom. The number of amides is 2. The highest BCUT2D eigenvalue weighted by Gasteiger charge is 2.22. The van der Waals surface area contributed by atoms with Gasteiger partial charge in [0.05, 0.1) is 0 Å². The summed E-state index contributed by atoms with van der Waals surface area (Å²) in [6, 6.07) is 31.9. The van der Waals surface area contributed by atoms with E-state index in [9.17, 15) is 27.2 Å². The number of nitrogens with one attached hydrogen (secondary N) is 2. The summed E-state index contributed by atoms with van der Waals surface area (Å²) >= 11 is 4.95. The maximum Gasteiger partial charge on any atom is 0.261 e. The fraction of sp³-hybridized carbons (Fsp3) is 0.291. The van der Waals surface area contributed by atoms with Gasteiger partial charge in [-0.2, -0.15) is 0 Å². The van der Waals surface area contributed by atoms with Crippen molar-refractivity contribution in [1.29, 1.82) is 0 Å². The van der Waals surface area contributed by atoms with E-state index in [1.54, 1.807) is 41.8 Å². The molecule has 0 atom stereocenters. The van der Waals surface area contributed by atoms with Gasteiger partial charge in [-0.3, -0.25) is 14.5 Å². The molecule has 8 rings (SSSR count). The van der Waals surface area contributed by atoms with E-state index in [1.165, 1.54) is 40.0 Å². The molecule has 0 saturated heterocycles. The van der Waals surface area contributed by atoms with E-state index in [0.717, 1.165) is 111 Å². The fourth-order valence-corrected chi connectivity index (χ4v) is 9.01. The van der Waals surface area contributed by atoms with Crippen molar-refractivity contribution in [3.63, 3.8) is 0 Å². The molecule has 372 valence electrons. The number of hydrogen-bond acceptors (Lipinski definition) is 8. The summed E-state index contributed by atoms with van der Waals surface area (Å²) in [7, 11) is 0. The number of aromatic nitrogens is 1. The van der Waals surface area contributed by atoms with Crippen LogP contribution in [0.2, 0.25) is 0 Å². The number of thiazole rings is 1. The number of anilines is 3. The summed E-state index contributed by atoms with van der Waals surface area (Å²) < 4.78 is 65.8. The highest BCUT2D eigenvalue weighted by atomic mass is 79.9. The molecule has 0 spiro atoms. The quantitative estimate of drug-likeness (QED) is 0.0601. The van der Waals surface area contributed by atoms with E-state index in [1.807, 2.05) is 49.6 Å². The summed E-state index contributed by atoms with van der Waals surface area (Å²) in [5.74, 6) is -5.14. The van der Waals surface area contributed by atoms with Gasteiger partial charge in [0.2, 0.25) is 0 Å². The van der Waals surface area contributed by atoms with E-state index in [-0.39, 0.29) is 9.14 Å². The van der Waals surface area contributed by atoms with Crippen molar-refractivity contribution in [2.24, 2.45) is 0 Å². The highest BCUT2D eigenvalue weighted by molar-refractivity contribution is 9.09. The molecule has 2 amide bonds. The molecule has 2 aliphatic heterocycles. The Labute approximate surface area is 423 Å². The standard InChI is InChI=1S/C26H24F2N2O.C22H19F2N3OS.C7H15BrO2.2H2/c1-18-14-15-30(16-19-6-3-2-4-7-19)17-22(18)20-10-12-21(13-11-20)29-26(31)25-23(27)8-5-9-24(25)28;1-14-9-11-27(22-25-10-12-29-22)13-17(14)15-5-7-16(8-6-15)26-21(28)20-18(23)3-2-4-19(20)24;1-3-9-7(5-6-8)10-4-2;;/h2-13H,14-17H2,1H3,(H,29,31);2-8,10,12H,9,11,13H2,1H3,(H,26,28);7H,3-6H2,1-2H3;2*1H/i;;;1+1;. The third-order valence-electron chi connectivity index (χ3n) is 11.7. The normalized spacial score (nSPS) is 13.9. The molecule has 9 nitrogen and oxygen atoms in total. The summed E-state index contributed by atoms with van der Waals surface area (Å²) in [6.07, 6.45) is 4.67. The molecule has 2 N–H and O–H groups in total. The molecule has 5 aromatic carbocycles. The van der Waals surface area contributed by atoms with Gasteiger partial charge in [0.25, 0.3) is 11.8 Å². The smallest absolute Gasteiger partial charge is 0.261 e. The van der Waals surface area contributed by atoms with Gasteiger partial charge in [-0.1, -0.05) is 93.8 Å². The highest BCUT2D eigenvalue weighted by Crippen LogP contribution is 2.32. The monoisotopic (exact) mass is 1040 g/mol. The predicted octanol–water partition coefficient (Wildman–Crippen LogP) is 13.9. The Kier molecular flexibility index (Phi) is 20.5. The van der Waals surface area contributed by atoms with E-state index >= 15 is 0 Å². The molecule has 70 heavy (non-hydrogen) atoms. The zero-order valence-electron chi connectivity index (χ0n) is 39.8. The molecule has 6 aromatic rings. The van der Waals surface area contributed by atoms with Crippen LogP contribution in [0.15, 0.2) is 138 Å². The van der Waals surface area contributed by atoms with Crippen LogP contribution in [-0.2, 0) is 16.0 Å². The minimum atomic E-state index is -0.885. The fourth-order valence-electron chi connectivity index (χ4n) is 7.96. The molecule has 3 heterocycles. The first-order valence-corrected chi connectivity index (χ1v) is 25.2. The lowest BCUT2D eigenvalue weighted by Crippen LogP contribution is -2.30. The number of alkyl halides is 1. The van der Waals surface area contributed by atoms with Gasteiger partial charge in [-0.05, 0) is 117 Å². The average Bonchev–Trinajstić information content (AvgIpc) is 3.90. The predicted molar refractivity (Wildman–Crippen MR) is 282 cm³/mol. The Morgan fingerprint density at radius 2 is 1.19 bits per heavy atom. The van der Waals surface area contributed by atoms with Crippen LogP contribution >= 0.6 is 27.3 Å². The van der Waals surface area contributed by atoms with Crippen molar-refractivity contribution in [2.75, 3.05) is 60.3 Å². The second-order valence-electron chi connectivity index (χ2n) is 16.5. The van der Waals surface area contributed by atoms with Crippen molar-refractivity contribution in [2.45, 2.75) is 59.8 Å². The summed E-state index contributed by atoms with van der Waals surface area (Å²) in [5.41, 5.74) is 8.43.